The number of carbonyl (C=O) groups excluding carboxylic acids is 1. The zero-order chi connectivity index (χ0) is 24.9. The molecule has 5 rings (SSSR count). The van der Waals surface area contributed by atoms with Crippen LogP contribution >= 0.6 is 0 Å². The minimum absolute atomic E-state index is 0.121. The first-order chi connectivity index (χ1) is 17.6. The number of anilines is 4. The van der Waals surface area contributed by atoms with E-state index >= 15 is 0 Å². The average molecular weight is 482 g/mol. The Morgan fingerprint density at radius 2 is 2.03 bits per heavy atom. The van der Waals surface area contributed by atoms with E-state index in [1.165, 1.54) is 6.08 Å². The zero-order valence-corrected chi connectivity index (χ0v) is 19.7. The van der Waals surface area contributed by atoms with Crippen molar-refractivity contribution in [2.24, 2.45) is 5.73 Å². The molecule has 1 saturated heterocycles. The number of ether oxygens (including phenoxy) is 1. The number of pyridine rings is 1. The fourth-order valence-electron chi connectivity index (χ4n) is 4.22. The summed E-state index contributed by atoms with van der Waals surface area (Å²) in [5.74, 6) is 1.07. The van der Waals surface area contributed by atoms with Crippen molar-refractivity contribution in [2.75, 3.05) is 41.8 Å². The molecule has 0 unspecified atom stereocenters. The van der Waals surface area contributed by atoms with E-state index in [0.717, 1.165) is 40.1 Å². The van der Waals surface area contributed by atoms with Crippen molar-refractivity contribution in [2.45, 2.75) is 6.04 Å². The summed E-state index contributed by atoms with van der Waals surface area (Å²) in [6.45, 7) is 6.05. The highest BCUT2D eigenvalue weighted by Gasteiger charge is 2.22. The molecular weight excluding hydrogens is 454 g/mol. The molecule has 0 bridgehead atoms. The Morgan fingerprint density at radius 3 is 2.83 bits per heavy atom. The Hall–Kier alpha value is -4.34. The lowest BCUT2D eigenvalue weighted by atomic mass is 10.0. The van der Waals surface area contributed by atoms with Gasteiger partial charge in [-0.2, -0.15) is 0 Å². The van der Waals surface area contributed by atoms with Crippen LogP contribution in [-0.2, 0) is 9.53 Å². The zero-order valence-electron chi connectivity index (χ0n) is 19.7. The van der Waals surface area contributed by atoms with Crippen LogP contribution in [-0.4, -0.2) is 53.2 Å². The van der Waals surface area contributed by atoms with Crippen LogP contribution in [0.3, 0.4) is 0 Å². The summed E-state index contributed by atoms with van der Waals surface area (Å²) in [6.07, 6.45) is 4.80. The summed E-state index contributed by atoms with van der Waals surface area (Å²) < 4.78 is 5.53. The molecule has 1 aliphatic heterocycles. The number of nitrogens with zero attached hydrogens (tertiary/aromatic N) is 4. The van der Waals surface area contributed by atoms with Gasteiger partial charge in [0.25, 0.3) is 0 Å². The normalized spacial score (nSPS) is 15.5. The van der Waals surface area contributed by atoms with Gasteiger partial charge in [0, 0.05) is 35.9 Å². The molecule has 1 fully saturated rings. The van der Waals surface area contributed by atoms with Crippen LogP contribution in [0.2, 0.25) is 0 Å². The number of fused-ring (bicyclic) bond motifs is 1. The van der Waals surface area contributed by atoms with Gasteiger partial charge in [-0.15, -0.1) is 0 Å². The van der Waals surface area contributed by atoms with E-state index in [1.54, 1.807) is 12.4 Å². The number of amides is 1. The van der Waals surface area contributed by atoms with Gasteiger partial charge in [0.05, 0.1) is 36.7 Å². The molecule has 0 aliphatic carbocycles. The highest BCUT2D eigenvalue weighted by molar-refractivity contribution is 6.00. The molecule has 1 aliphatic rings. The average Bonchev–Trinajstić information content (AvgIpc) is 2.93. The van der Waals surface area contributed by atoms with Crippen molar-refractivity contribution >= 4 is 40.0 Å². The van der Waals surface area contributed by atoms with Crippen LogP contribution in [0.25, 0.3) is 22.0 Å². The van der Waals surface area contributed by atoms with Crippen molar-refractivity contribution in [3.8, 4) is 11.1 Å². The second-order valence-electron chi connectivity index (χ2n) is 8.40. The number of hydrogen-bond donors (Lipinski definition) is 3. The number of morpholine rings is 1. The van der Waals surface area contributed by atoms with Crippen molar-refractivity contribution in [3.05, 3.63) is 79.6 Å². The quantitative estimate of drug-likeness (QED) is 0.342. The number of nitrogens with one attached hydrogen (secondary N) is 2. The van der Waals surface area contributed by atoms with Gasteiger partial charge in [0.1, 0.15) is 5.82 Å². The smallest absolute Gasteiger partial charge is 0.247 e. The molecule has 1 amide bonds. The molecule has 36 heavy (non-hydrogen) atoms. The molecule has 3 heterocycles. The van der Waals surface area contributed by atoms with Gasteiger partial charge in [0.15, 0.2) is 0 Å². The van der Waals surface area contributed by atoms with Gasteiger partial charge in [-0.25, -0.2) is 15.0 Å². The third-order valence-electron chi connectivity index (χ3n) is 6.04. The van der Waals surface area contributed by atoms with E-state index in [1.807, 2.05) is 54.6 Å². The first kappa shape index (κ1) is 23.4. The molecule has 4 aromatic rings. The Labute approximate surface area is 209 Å². The maximum absolute atomic E-state index is 11.7. The van der Waals surface area contributed by atoms with Gasteiger partial charge in [-0.3, -0.25) is 4.79 Å². The SMILES string of the molecule is C=CC(=O)Nc1cccc(-c2cccc3cnc(Nc4ccc(N5CCOC[C@@H]5CN)nc4)nc23)c1. The van der Waals surface area contributed by atoms with Crippen LogP contribution in [0.5, 0.6) is 0 Å². The highest BCUT2D eigenvalue weighted by atomic mass is 16.5. The second kappa shape index (κ2) is 10.5. The van der Waals surface area contributed by atoms with Gasteiger partial charge in [0.2, 0.25) is 11.9 Å². The third kappa shape index (κ3) is 5.02. The van der Waals surface area contributed by atoms with Gasteiger partial charge >= 0.3 is 0 Å². The number of rotatable bonds is 7. The van der Waals surface area contributed by atoms with Crippen LogP contribution in [0, 0.1) is 0 Å². The predicted octanol–water partition coefficient (Wildman–Crippen LogP) is 3.72. The van der Waals surface area contributed by atoms with Crippen molar-refractivity contribution < 1.29 is 9.53 Å². The highest BCUT2D eigenvalue weighted by Crippen LogP contribution is 2.30. The van der Waals surface area contributed by atoms with Crippen LogP contribution in [0.4, 0.5) is 23.1 Å². The van der Waals surface area contributed by atoms with Crippen molar-refractivity contribution in [1.29, 1.82) is 0 Å². The molecule has 9 nitrogen and oxygen atoms in total. The molecular formula is C27H27N7O2. The number of para-hydroxylation sites is 1. The van der Waals surface area contributed by atoms with Gasteiger partial charge in [-0.05, 0) is 35.9 Å². The maximum atomic E-state index is 11.7. The van der Waals surface area contributed by atoms with E-state index in [0.29, 0.717) is 31.4 Å². The number of hydrogen-bond acceptors (Lipinski definition) is 8. The summed E-state index contributed by atoms with van der Waals surface area (Å²) in [5.41, 5.74) is 10.0. The topological polar surface area (TPSA) is 118 Å². The lowest BCUT2D eigenvalue weighted by Gasteiger charge is -2.35. The molecule has 0 radical (unpaired) electrons. The minimum Gasteiger partial charge on any atom is -0.377 e. The maximum Gasteiger partial charge on any atom is 0.247 e. The van der Waals surface area contributed by atoms with Crippen molar-refractivity contribution in [1.82, 2.24) is 15.0 Å². The largest absolute Gasteiger partial charge is 0.377 e. The Bertz CT molecular complexity index is 1390. The second-order valence-corrected chi connectivity index (χ2v) is 8.40. The molecule has 4 N–H and O–H groups in total. The first-order valence-electron chi connectivity index (χ1n) is 11.7. The molecule has 182 valence electrons. The fraction of sp³-hybridized carbons (Fsp3) is 0.185. The molecule has 0 spiro atoms. The minimum atomic E-state index is -0.259. The summed E-state index contributed by atoms with van der Waals surface area (Å²) in [6, 6.07) is 17.6. The molecule has 1 atom stereocenters. The predicted molar refractivity (Wildman–Crippen MR) is 142 cm³/mol. The van der Waals surface area contributed by atoms with E-state index in [-0.39, 0.29) is 11.9 Å². The summed E-state index contributed by atoms with van der Waals surface area (Å²) in [4.78, 5) is 27.8. The summed E-state index contributed by atoms with van der Waals surface area (Å²) in [7, 11) is 0. The fourth-order valence-corrected chi connectivity index (χ4v) is 4.22. The Morgan fingerprint density at radius 1 is 1.14 bits per heavy atom. The Balaban J connectivity index is 1.40. The standard InChI is InChI=1S/C27H27N7O2/c1-2-25(35)31-20-7-3-5-18(13-20)23-8-4-6-19-15-30-27(33-26(19)23)32-21-9-10-24(29-16-21)34-11-12-36-17-22(34)14-28/h2-10,13,15-16,22H,1,11-12,14,17,28H2,(H,31,35)(H,30,32,33)/t22-/m0/s1. The van der Waals surface area contributed by atoms with E-state index in [4.69, 9.17) is 15.5 Å². The monoisotopic (exact) mass is 481 g/mol. The number of aromatic nitrogens is 3. The van der Waals surface area contributed by atoms with Gasteiger partial charge < -0.3 is 26.0 Å². The summed E-state index contributed by atoms with van der Waals surface area (Å²) >= 11 is 0. The third-order valence-corrected chi connectivity index (χ3v) is 6.04. The Kier molecular flexibility index (Phi) is 6.83. The van der Waals surface area contributed by atoms with Gasteiger partial charge in [-0.1, -0.05) is 36.9 Å². The number of benzene rings is 2. The number of carbonyl (C=O) groups is 1. The van der Waals surface area contributed by atoms with E-state index in [9.17, 15) is 4.79 Å². The molecule has 2 aromatic carbocycles. The molecule has 9 heteroatoms. The summed E-state index contributed by atoms with van der Waals surface area (Å²) in [5, 5.41) is 6.97. The lowest BCUT2D eigenvalue weighted by Crippen LogP contribution is -2.49. The van der Waals surface area contributed by atoms with Crippen LogP contribution in [0.15, 0.2) is 79.6 Å². The van der Waals surface area contributed by atoms with Crippen LogP contribution in [0.1, 0.15) is 0 Å². The number of nitrogens with two attached hydrogens (primary N) is 1. The van der Waals surface area contributed by atoms with E-state index in [2.05, 4.69) is 32.1 Å². The first-order valence-corrected chi connectivity index (χ1v) is 11.7. The van der Waals surface area contributed by atoms with Crippen LogP contribution < -0.4 is 21.3 Å². The van der Waals surface area contributed by atoms with E-state index < -0.39 is 0 Å². The van der Waals surface area contributed by atoms with Crippen molar-refractivity contribution in [3.63, 3.8) is 0 Å². The molecule has 0 saturated carbocycles. The molecule has 2 aromatic heterocycles. The lowest BCUT2D eigenvalue weighted by molar-refractivity contribution is -0.111.